The van der Waals surface area contributed by atoms with E-state index in [0.717, 1.165) is 13.1 Å². The third-order valence-electron chi connectivity index (χ3n) is 5.10. The maximum atomic E-state index is 12.3. The lowest BCUT2D eigenvalue weighted by Gasteiger charge is -2.30. The number of hydrogen-bond acceptors (Lipinski definition) is 6. The monoisotopic (exact) mass is 428 g/mol. The minimum absolute atomic E-state index is 0.113. The van der Waals surface area contributed by atoms with Crippen molar-refractivity contribution in [3.8, 4) is 0 Å². The van der Waals surface area contributed by atoms with E-state index in [9.17, 15) is 9.90 Å². The Morgan fingerprint density at radius 1 is 1.03 bits per heavy atom. The molecule has 4 rings (SSSR count). The SMILES string of the molecule is O=C(NCC1OCC(N(Cc2cccs2)Cc2cccs2)C1O)c1ccccc1. The van der Waals surface area contributed by atoms with Crippen molar-refractivity contribution in [2.45, 2.75) is 31.3 Å². The Morgan fingerprint density at radius 2 is 1.69 bits per heavy atom. The van der Waals surface area contributed by atoms with Gasteiger partial charge >= 0.3 is 0 Å². The van der Waals surface area contributed by atoms with Gasteiger partial charge in [-0.1, -0.05) is 30.3 Å². The van der Waals surface area contributed by atoms with E-state index < -0.39 is 12.2 Å². The van der Waals surface area contributed by atoms with E-state index in [-0.39, 0.29) is 18.5 Å². The van der Waals surface area contributed by atoms with Crippen LogP contribution in [-0.4, -0.2) is 47.3 Å². The van der Waals surface area contributed by atoms with E-state index >= 15 is 0 Å². The summed E-state index contributed by atoms with van der Waals surface area (Å²) in [5.41, 5.74) is 0.605. The summed E-state index contributed by atoms with van der Waals surface area (Å²) >= 11 is 3.44. The molecule has 3 unspecified atom stereocenters. The molecule has 0 bridgehead atoms. The number of thiophene rings is 2. The van der Waals surface area contributed by atoms with Crippen LogP contribution in [-0.2, 0) is 17.8 Å². The lowest BCUT2D eigenvalue weighted by Crippen LogP contribution is -2.46. The molecule has 5 nitrogen and oxygen atoms in total. The highest BCUT2D eigenvalue weighted by Crippen LogP contribution is 2.25. The van der Waals surface area contributed by atoms with Crippen molar-refractivity contribution in [2.75, 3.05) is 13.2 Å². The molecule has 0 spiro atoms. The highest BCUT2D eigenvalue weighted by molar-refractivity contribution is 7.10. The number of amides is 1. The van der Waals surface area contributed by atoms with Gasteiger partial charge in [0.1, 0.15) is 6.10 Å². The Bertz CT molecular complexity index is 848. The summed E-state index contributed by atoms with van der Waals surface area (Å²) in [7, 11) is 0. The predicted molar refractivity (Wildman–Crippen MR) is 116 cm³/mol. The molecule has 29 heavy (non-hydrogen) atoms. The summed E-state index contributed by atoms with van der Waals surface area (Å²) in [5, 5.41) is 18.0. The summed E-state index contributed by atoms with van der Waals surface area (Å²) in [4.78, 5) is 17.1. The fourth-order valence-electron chi connectivity index (χ4n) is 3.55. The Hall–Kier alpha value is -2.03. The van der Waals surface area contributed by atoms with Crippen LogP contribution in [0.2, 0.25) is 0 Å². The molecule has 0 saturated carbocycles. The van der Waals surface area contributed by atoms with E-state index in [0.29, 0.717) is 12.2 Å². The molecule has 152 valence electrons. The summed E-state index contributed by atoms with van der Waals surface area (Å²) < 4.78 is 5.88. The smallest absolute Gasteiger partial charge is 0.251 e. The number of carbonyl (C=O) groups is 1. The summed E-state index contributed by atoms with van der Waals surface area (Å²) in [6.07, 6.45) is -1.08. The Morgan fingerprint density at radius 3 is 2.28 bits per heavy atom. The second-order valence-electron chi connectivity index (χ2n) is 7.07. The van der Waals surface area contributed by atoms with Crippen LogP contribution in [0.4, 0.5) is 0 Å². The van der Waals surface area contributed by atoms with Crippen LogP contribution in [0.5, 0.6) is 0 Å². The van der Waals surface area contributed by atoms with Crippen molar-refractivity contribution in [1.29, 1.82) is 0 Å². The Labute approximate surface area is 178 Å². The van der Waals surface area contributed by atoms with Gasteiger partial charge in [0.05, 0.1) is 18.8 Å². The fourth-order valence-corrected chi connectivity index (χ4v) is 5.01. The molecule has 1 saturated heterocycles. The number of hydrogen-bond donors (Lipinski definition) is 2. The lowest BCUT2D eigenvalue weighted by atomic mass is 10.1. The maximum absolute atomic E-state index is 12.3. The van der Waals surface area contributed by atoms with Crippen LogP contribution in [0.25, 0.3) is 0 Å². The van der Waals surface area contributed by atoms with Crippen molar-refractivity contribution < 1.29 is 14.6 Å². The standard InChI is InChI=1S/C22H24N2O3S2/c25-21-19(15-27-20(21)12-23-22(26)16-6-2-1-3-7-16)24(13-17-8-4-10-28-17)14-18-9-5-11-29-18/h1-11,19-21,25H,12-15H2,(H,23,26). The van der Waals surface area contributed by atoms with Crippen molar-refractivity contribution in [3.05, 3.63) is 80.7 Å². The van der Waals surface area contributed by atoms with Crippen molar-refractivity contribution in [1.82, 2.24) is 10.2 Å². The maximum Gasteiger partial charge on any atom is 0.251 e. The van der Waals surface area contributed by atoms with Gasteiger partial charge in [-0.15, -0.1) is 22.7 Å². The van der Waals surface area contributed by atoms with Crippen molar-refractivity contribution in [2.24, 2.45) is 0 Å². The van der Waals surface area contributed by atoms with Crippen molar-refractivity contribution in [3.63, 3.8) is 0 Å². The quantitative estimate of drug-likeness (QED) is 0.578. The van der Waals surface area contributed by atoms with Crippen LogP contribution in [0, 0.1) is 0 Å². The first-order chi connectivity index (χ1) is 14.2. The van der Waals surface area contributed by atoms with Gasteiger partial charge in [-0.3, -0.25) is 9.69 Å². The van der Waals surface area contributed by atoms with Gasteiger partial charge in [-0.05, 0) is 35.0 Å². The van der Waals surface area contributed by atoms with E-state index in [4.69, 9.17) is 4.74 Å². The predicted octanol–water partition coefficient (Wildman–Crippen LogP) is 3.37. The van der Waals surface area contributed by atoms with Crippen LogP contribution in [0.3, 0.4) is 0 Å². The highest BCUT2D eigenvalue weighted by Gasteiger charge is 2.39. The van der Waals surface area contributed by atoms with Crippen LogP contribution in [0.1, 0.15) is 20.1 Å². The van der Waals surface area contributed by atoms with Gasteiger partial charge in [-0.25, -0.2) is 0 Å². The highest BCUT2D eigenvalue weighted by atomic mass is 32.1. The van der Waals surface area contributed by atoms with Gasteiger partial charge in [-0.2, -0.15) is 0 Å². The molecular formula is C22H24N2O3S2. The Kier molecular flexibility index (Phi) is 6.74. The second-order valence-corrected chi connectivity index (χ2v) is 9.13. The van der Waals surface area contributed by atoms with Gasteiger partial charge < -0.3 is 15.2 Å². The molecule has 7 heteroatoms. The molecule has 3 heterocycles. The third kappa shape index (κ3) is 5.12. The zero-order chi connectivity index (χ0) is 20.1. The second kappa shape index (κ2) is 9.65. The average molecular weight is 429 g/mol. The van der Waals surface area contributed by atoms with Crippen LogP contribution in [0.15, 0.2) is 65.4 Å². The molecule has 3 aromatic rings. The Balaban J connectivity index is 1.39. The van der Waals surface area contributed by atoms with Crippen molar-refractivity contribution >= 4 is 28.6 Å². The fraction of sp³-hybridized carbons (Fsp3) is 0.318. The third-order valence-corrected chi connectivity index (χ3v) is 6.83. The number of carbonyl (C=O) groups excluding carboxylic acids is 1. The number of benzene rings is 1. The minimum Gasteiger partial charge on any atom is -0.389 e. The van der Waals surface area contributed by atoms with Gasteiger partial charge in [0.25, 0.3) is 5.91 Å². The summed E-state index contributed by atoms with van der Waals surface area (Å²) in [6, 6.07) is 17.3. The first-order valence-corrected chi connectivity index (χ1v) is 11.4. The molecule has 0 radical (unpaired) electrons. The first kappa shape index (κ1) is 20.3. The number of nitrogens with one attached hydrogen (secondary N) is 1. The molecule has 2 N–H and O–H groups in total. The molecule has 1 fully saturated rings. The van der Waals surface area contributed by atoms with E-state index in [1.807, 2.05) is 30.3 Å². The van der Waals surface area contributed by atoms with Gasteiger partial charge in [0.15, 0.2) is 0 Å². The number of rotatable bonds is 8. The normalized spacial score (nSPS) is 21.5. The molecule has 1 aromatic carbocycles. The van der Waals surface area contributed by atoms with Gasteiger partial charge in [0, 0.05) is 35.0 Å². The molecular weight excluding hydrogens is 404 g/mol. The first-order valence-electron chi connectivity index (χ1n) is 9.62. The number of aliphatic hydroxyl groups is 1. The molecule has 1 aliphatic rings. The summed E-state index contributed by atoms with van der Waals surface area (Å²) in [5.74, 6) is -0.154. The van der Waals surface area contributed by atoms with E-state index in [1.54, 1.807) is 34.8 Å². The topological polar surface area (TPSA) is 61.8 Å². The summed E-state index contributed by atoms with van der Waals surface area (Å²) in [6.45, 7) is 2.27. The molecule has 1 amide bonds. The number of aliphatic hydroxyl groups excluding tert-OH is 1. The van der Waals surface area contributed by atoms with E-state index in [1.165, 1.54) is 9.75 Å². The van der Waals surface area contributed by atoms with Crippen LogP contribution < -0.4 is 5.32 Å². The van der Waals surface area contributed by atoms with Crippen LogP contribution >= 0.6 is 22.7 Å². The molecule has 2 aromatic heterocycles. The number of nitrogens with zero attached hydrogens (tertiary/aromatic N) is 1. The zero-order valence-corrected chi connectivity index (χ0v) is 17.6. The average Bonchev–Trinajstić information content (AvgIpc) is 3.50. The van der Waals surface area contributed by atoms with E-state index in [2.05, 4.69) is 33.1 Å². The minimum atomic E-state index is -0.661. The van der Waals surface area contributed by atoms with Gasteiger partial charge in [0.2, 0.25) is 0 Å². The molecule has 1 aliphatic heterocycles. The largest absolute Gasteiger partial charge is 0.389 e. The lowest BCUT2D eigenvalue weighted by molar-refractivity contribution is 0.0303. The molecule has 3 atom stereocenters. The molecule has 0 aliphatic carbocycles. The number of ether oxygens (including phenoxy) is 1. The zero-order valence-electron chi connectivity index (χ0n) is 15.9.